The van der Waals surface area contributed by atoms with Gasteiger partial charge in [-0.25, -0.2) is 4.39 Å². The van der Waals surface area contributed by atoms with E-state index in [1.165, 1.54) is 18.6 Å². The molecule has 1 aliphatic heterocycles. The lowest BCUT2D eigenvalue weighted by Crippen LogP contribution is -2.49. The van der Waals surface area contributed by atoms with Crippen molar-refractivity contribution < 1.29 is 9.18 Å². The minimum atomic E-state index is -0.540. The number of nitrogens with zero attached hydrogens (tertiary/aromatic N) is 2. The van der Waals surface area contributed by atoms with Gasteiger partial charge in [0.15, 0.2) is 0 Å². The molecular weight excluding hydrogens is 269 g/mol. The number of carbonyl (C=O) groups is 1. The zero-order valence-corrected chi connectivity index (χ0v) is 12.8. The predicted molar refractivity (Wildman–Crippen MR) is 82.6 cm³/mol. The summed E-state index contributed by atoms with van der Waals surface area (Å²) in [5.74, 6) is -0.0909. The van der Waals surface area contributed by atoms with E-state index in [1.54, 1.807) is 11.0 Å². The number of benzene rings is 1. The van der Waals surface area contributed by atoms with Crippen LogP contribution in [-0.2, 0) is 0 Å². The highest BCUT2D eigenvalue weighted by atomic mass is 19.1. The van der Waals surface area contributed by atoms with Crippen LogP contribution in [0.1, 0.15) is 30.6 Å². The summed E-state index contributed by atoms with van der Waals surface area (Å²) in [5.41, 5.74) is 5.96. The van der Waals surface area contributed by atoms with Gasteiger partial charge in [-0.05, 0) is 37.1 Å². The topological polar surface area (TPSA) is 49.6 Å². The average molecular weight is 293 g/mol. The van der Waals surface area contributed by atoms with Crippen LogP contribution in [0.3, 0.4) is 0 Å². The Morgan fingerprint density at radius 3 is 2.52 bits per heavy atom. The van der Waals surface area contributed by atoms with E-state index in [0.29, 0.717) is 24.7 Å². The normalized spacial score (nSPS) is 16.5. The van der Waals surface area contributed by atoms with Crippen molar-refractivity contribution >= 4 is 11.6 Å². The molecule has 0 radical (unpaired) electrons. The van der Waals surface area contributed by atoms with Crippen molar-refractivity contribution in [3.05, 3.63) is 29.6 Å². The van der Waals surface area contributed by atoms with Crippen LogP contribution < -0.4 is 5.73 Å². The van der Waals surface area contributed by atoms with Crippen LogP contribution in [0, 0.1) is 11.7 Å². The van der Waals surface area contributed by atoms with Gasteiger partial charge in [0.05, 0.1) is 5.56 Å². The molecule has 0 unspecified atom stereocenters. The summed E-state index contributed by atoms with van der Waals surface area (Å²) in [7, 11) is 0. The molecule has 0 spiro atoms. The number of hydrogen-bond donors (Lipinski definition) is 1. The summed E-state index contributed by atoms with van der Waals surface area (Å²) in [6.45, 7) is 8.51. The first-order valence-corrected chi connectivity index (χ1v) is 7.54. The zero-order valence-electron chi connectivity index (χ0n) is 12.8. The van der Waals surface area contributed by atoms with E-state index in [9.17, 15) is 9.18 Å². The minimum absolute atomic E-state index is 0.111. The maximum Gasteiger partial charge on any atom is 0.256 e. The van der Waals surface area contributed by atoms with Gasteiger partial charge in [0, 0.05) is 31.9 Å². The van der Waals surface area contributed by atoms with E-state index < -0.39 is 5.82 Å². The molecule has 1 amide bonds. The third-order valence-corrected chi connectivity index (χ3v) is 3.91. The van der Waals surface area contributed by atoms with Crippen LogP contribution in [0.25, 0.3) is 0 Å². The SMILES string of the molecule is CC(C)CCN1CCN(C(=O)c2ccc(N)cc2F)CC1. The third-order valence-electron chi connectivity index (χ3n) is 3.91. The highest BCUT2D eigenvalue weighted by molar-refractivity contribution is 5.94. The summed E-state index contributed by atoms with van der Waals surface area (Å²) in [5, 5.41) is 0. The Balaban J connectivity index is 1.91. The number of amides is 1. The Kier molecular flexibility index (Phi) is 5.17. The minimum Gasteiger partial charge on any atom is -0.399 e. The van der Waals surface area contributed by atoms with E-state index in [0.717, 1.165) is 19.6 Å². The summed E-state index contributed by atoms with van der Waals surface area (Å²) in [6, 6.07) is 4.24. The van der Waals surface area contributed by atoms with Crippen LogP contribution in [0.5, 0.6) is 0 Å². The first-order valence-electron chi connectivity index (χ1n) is 7.54. The lowest BCUT2D eigenvalue weighted by atomic mass is 10.1. The number of halogens is 1. The van der Waals surface area contributed by atoms with E-state index in [2.05, 4.69) is 18.7 Å². The van der Waals surface area contributed by atoms with E-state index >= 15 is 0 Å². The molecule has 1 aromatic carbocycles. The van der Waals surface area contributed by atoms with E-state index in [1.807, 2.05) is 0 Å². The highest BCUT2D eigenvalue weighted by Gasteiger charge is 2.23. The second-order valence-electron chi connectivity index (χ2n) is 6.06. The van der Waals surface area contributed by atoms with Crippen molar-refractivity contribution in [2.24, 2.45) is 5.92 Å². The molecule has 0 aromatic heterocycles. The van der Waals surface area contributed by atoms with Crippen LogP contribution in [0.15, 0.2) is 18.2 Å². The van der Waals surface area contributed by atoms with Crippen LogP contribution in [0.4, 0.5) is 10.1 Å². The number of piperazine rings is 1. The molecule has 116 valence electrons. The van der Waals surface area contributed by atoms with Gasteiger partial charge in [-0.15, -0.1) is 0 Å². The summed E-state index contributed by atoms with van der Waals surface area (Å²) >= 11 is 0. The maximum atomic E-state index is 13.8. The number of carbonyl (C=O) groups excluding carboxylic acids is 1. The smallest absolute Gasteiger partial charge is 0.256 e. The molecule has 1 heterocycles. The van der Waals surface area contributed by atoms with Crippen molar-refractivity contribution in [2.75, 3.05) is 38.5 Å². The number of nitrogen functional groups attached to an aromatic ring is 1. The Morgan fingerprint density at radius 2 is 1.95 bits per heavy atom. The highest BCUT2D eigenvalue weighted by Crippen LogP contribution is 2.16. The molecule has 0 atom stereocenters. The summed E-state index contributed by atoms with van der Waals surface area (Å²) in [6.07, 6.45) is 1.17. The summed E-state index contributed by atoms with van der Waals surface area (Å²) < 4.78 is 13.8. The molecule has 0 saturated carbocycles. The molecule has 2 rings (SSSR count). The monoisotopic (exact) mass is 293 g/mol. The van der Waals surface area contributed by atoms with Crippen LogP contribution in [-0.4, -0.2) is 48.4 Å². The molecule has 21 heavy (non-hydrogen) atoms. The molecule has 1 aromatic rings. The number of rotatable bonds is 4. The molecular formula is C16H24FN3O. The predicted octanol–water partition coefficient (Wildman–Crippen LogP) is 2.21. The van der Waals surface area contributed by atoms with Crippen molar-refractivity contribution in [3.63, 3.8) is 0 Å². The fourth-order valence-corrected chi connectivity index (χ4v) is 2.49. The molecule has 4 nitrogen and oxygen atoms in total. The van der Waals surface area contributed by atoms with Gasteiger partial charge >= 0.3 is 0 Å². The van der Waals surface area contributed by atoms with Crippen molar-refractivity contribution in [2.45, 2.75) is 20.3 Å². The Hall–Kier alpha value is -1.62. The lowest BCUT2D eigenvalue weighted by molar-refractivity contribution is 0.0627. The van der Waals surface area contributed by atoms with Gasteiger partial charge in [0.25, 0.3) is 5.91 Å². The Morgan fingerprint density at radius 1 is 1.29 bits per heavy atom. The van der Waals surface area contributed by atoms with Crippen molar-refractivity contribution in [1.29, 1.82) is 0 Å². The number of nitrogens with two attached hydrogens (primary N) is 1. The quantitative estimate of drug-likeness (QED) is 0.866. The number of hydrogen-bond acceptors (Lipinski definition) is 3. The number of anilines is 1. The second-order valence-corrected chi connectivity index (χ2v) is 6.06. The van der Waals surface area contributed by atoms with Gasteiger partial charge in [0.2, 0.25) is 0 Å². The molecule has 5 heteroatoms. The van der Waals surface area contributed by atoms with Gasteiger partial charge in [0.1, 0.15) is 5.82 Å². The van der Waals surface area contributed by atoms with Gasteiger partial charge < -0.3 is 10.6 Å². The fourth-order valence-electron chi connectivity index (χ4n) is 2.49. The van der Waals surface area contributed by atoms with Crippen LogP contribution in [0.2, 0.25) is 0 Å². The van der Waals surface area contributed by atoms with Crippen molar-refractivity contribution in [1.82, 2.24) is 9.80 Å². The molecule has 0 bridgehead atoms. The van der Waals surface area contributed by atoms with Crippen LogP contribution >= 0.6 is 0 Å². The Labute approximate surface area is 125 Å². The fraction of sp³-hybridized carbons (Fsp3) is 0.562. The maximum absolute atomic E-state index is 13.8. The lowest BCUT2D eigenvalue weighted by Gasteiger charge is -2.35. The van der Waals surface area contributed by atoms with Gasteiger partial charge in [-0.2, -0.15) is 0 Å². The Bertz CT molecular complexity index is 496. The standard InChI is InChI=1S/C16H24FN3O/c1-12(2)5-6-19-7-9-20(10-8-19)16(21)14-4-3-13(18)11-15(14)17/h3-4,11-12H,5-10,18H2,1-2H3. The van der Waals surface area contributed by atoms with E-state index in [-0.39, 0.29) is 11.5 Å². The molecule has 1 aliphatic rings. The summed E-state index contributed by atoms with van der Waals surface area (Å²) in [4.78, 5) is 16.4. The van der Waals surface area contributed by atoms with Gasteiger partial charge in [-0.1, -0.05) is 13.8 Å². The molecule has 1 fully saturated rings. The molecule has 2 N–H and O–H groups in total. The first kappa shape index (κ1) is 15.8. The van der Waals surface area contributed by atoms with Crippen molar-refractivity contribution in [3.8, 4) is 0 Å². The first-order chi connectivity index (χ1) is 9.97. The average Bonchev–Trinajstić information content (AvgIpc) is 2.45. The molecule has 1 saturated heterocycles. The second kappa shape index (κ2) is 6.89. The van der Waals surface area contributed by atoms with E-state index in [4.69, 9.17) is 5.73 Å². The zero-order chi connectivity index (χ0) is 15.4. The van der Waals surface area contributed by atoms with Gasteiger partial charge in [-0.3, -0.25) is 9.69 Å². The third kappa shape index (κ3) is 4.17. The molecule has 0 aliphatic carbocycles. The largest absolute Gasteiger partial charge is 0.399 e.